The van der Waals surface area contributed by atoms with E-state index in [-0.39, 0.29) is 5.78 Å². The van der Waals surface area contributed by atoms with Gasteiger partial charge in [0.15, 0.2) is 5.78 Å². The molecule has 0 radical (unpaired) electrons. The molecule has 0 fully saturated rings. The molecule has 2 aromatic carbocycles. The fraction of sp³-hybridized carbons (Fsp3) is 0.316. The van der Waals surface area contributed by atoms with Crippen LogP contribution >= 0.6 is 0 Å². The van der Waals surface area contributed by atoms with Gasteiger partial charge in [0.25, 0.3) is 0 Å². The molecule has 1 heteroatoms. The predicted molar refractivity (Wildman–Crippen MR) is 88.5 cm³/mol. The molecule has 0 atom stereocenters. The van der Waals surface area contributed by atoms with Crippen molar-refractivity contribution in [3.63, 3.8) is 0 Å². The number of rotatable bonds is 2. The minimum absolute atomic E-state index is 0.0955. The fourth-order valence-corrected chi connectivity index (χ4v) is 1.69. The summed E-state index contributed by atoms with van der Waals surface area (Å²) >= 11 is 0. The molecular weight excluding hydrogens is 244 g/mol. The van der Waals surface area contributed by atoms with E-state index in [2.05, 4.69) is 0 Å². The van der Waals surface area contributed by atoms with Gasteiger partial charge in [-0.2, -0.15) is 0 Å². The van der Waals surface area contributed by atoms with Crippen LogP contribution in [-0.4, -0.2) is 5.78 Å². The van der Waals surface area contributed by atoms with E-state index in [0.29, 0.717) is 0 Å². The number of aryl methyl sites for hydroxylation is 2. The van der Waals surface area contributed by atoms with Crippen molar-refractivity contribution in [2.24, 2.45) is 0 Å². The lowest BCUT2D eigenvalue weighted by Crippen LogP contribution is -2.03. The second kappa shape index (κ2) is 9.96. The van der Waals surface area contributed by atoms with Gasteiger partial charge in [0.05, 0.1) is 0 Å². The van der Waals surface area contributed by atoms with Crippen LogP contribution in [0.4, 0.5) is 0 Å². The van der Waals surface area contributed by atoms with E-state index in [1.165, 1.54) is 5.56 Å². The number of ketones is 1. The Labute approximate surface area is 123 Å². The summed E-state index contributed by atoms with van der Waals surface area (Å²) in [6.45, 7) is 12.0. The van der Waals surface area contributed by atoms with Gasteiger partial charge >= 0.3 is 0 Å². The van der Waals surface area contributed by atoms with Crippen molar-refractivity contribution in [1.29, 1.82) is 0 Å². The molecule has 0 spiro atoms. The van der Waals surface area contributed by atoms with E-state index in [0.717, 1.165) is 16.7 Å². The first-order valence-electron chi connectivity index (χ1n) is 7.35. The van der Waals surface area contributed by atoms with Crippen molar-refractivity contribution in [1.82, 2.24) is 0 Å². The lowest BCUT2D eigenvalue weighted by molar-refractivity contribution is 0.103. The zero-order valence-corrected chi connectivity index (χ0v) is 13.5. The first kappa shape index (κ1) is 18.1. The summed E-state index contributed by atoms with van der Waals surface area (Å²) in [7, 11) is 0. The lowest BCUT2D eigenvalue weighted by atomic mass is 9.99. The van der Waals surface area contributed by atoms with Crippen LogP contribution < -0.4 is 0 Å². The van der Waals surface area contributed by atoms with Gasteiger partial charge in [-0.25, -0.2) is 0 Å². The van der Waals surface area contributed by atoms with Gasteiger partial charge < -0.3 is 0 Å². The average molecular weight is 270 g/mol. The minimum Gasteiger partial charge on any atom is -0.289 e. The number of carbonyl (C=O) groups is 1. The first-order valence-corrected chi connectivity index (χ1v) is 7.35. The standard InChI is InChI=1S/C15H14O.2C2H6/c1-11-7-9-13(10-8-11)15(16)14-6-4-3-5-12(14)2;2*1-2/h3-10H,1-2H3;2*1-2H3. The van der Waals surface area contributed by atoms with Crippen LogP contribution in [-0.2, 0) is 0 Å². The maximum Gasteiger partial charge on any atom is 0.193 e. The second-order valence-electron chi connectivity index (χ2n) is 4.01. The number of carbonyl (C=O) groups excluding carboxylic acids is 1. The lowest BCUT2D eigenvalue weighted by Gasteiger charge is -2.04. The van der Waals surface area contributed by atoms with E-state index in [4.69, 9.17) is 0 Å². The maximum atomic E-state index is 12.2. The molecule has 20 heavy (non-hydrogen) atoms. The molecule has 0 bridgehead atoms. The molecule has 108 valence electrons. The zero-order valence-electron chi connectivity index (χ0n) is 13.5. The van der Waals surface area contributed by atoms with Crippen molar-refractivity contribution in [2.75, 3.05) is 0 Å². The van der Waals surface area contributed by atoms with Gasteiger partial charge in [0.1, 0.15) is 0 Å². The van der Waals surface area contributed by atoms with E-state index in [1.54, 1.807) is 0 Å². The molecule has 2 aromatic rings. The molecule has 0 aliphatic heterocycles. The molecular formula is C19H26O. The molecule has 0 heterocycles. The van der Waals surface area contributed by atoms with Gasteiger partial charge in [-0.1, -0.05) is 81.8 Å². The van der Waals surface area contributed by atoms with Gasteiger partial charge in [-0.3, -0.25) is 4.79 Å². The Kier molecular flexibility index (Phi) is 9.02. The van der Waals surface area contributed by atoms with Crippen LogP contribution in [0.3, 0.4) is 0 Å². The van der Waals surface area contributed by atoms with Gasteiger partial charge in [0, 0.05) is 11.1 Å². The molecule has 1 nitrogen and oxygen atoms in total. The zero-order chi connectivity index (χ0) is 15.5. The highest BCUT2D eigenvalue weighted by Crippen LogP contribution is 2.14. The Morgan fingerprint density at radius 2 is 1.25 bits per heavy atom. The molecule has 0 unspecified atom stereocenters. The summed E-state index contributed by atoms with van der Waals surface area (Å²) in [6, 6.07) is 15.4. The van der Waals surface area contributed by atoms with E-state index in [9.17, 15) is 4.79 Å². The summed E-state index contributed by atoms with van der Waals surface area (Å²) in [5.41, 5.74) is 3.72. The SMILES string of the molecule is CC.CC.Cc1ccc(C(=O)c2ccccc2C)cc1. The topological polar surface area (TPSA) is 17.1 Å². The quantitative estimate of drug-likeness (QED) is 0.650. The van der Waals surface area contributed by atoms with Crippen molar-refractivity contribution in [3.8, 4) is 0 Å². The van der Waals surface area contributed by atoms with Crippen molar-refractivity contribution in [2.45, 2.75) is 41.5 Å². The highest BCUT2D eigenvalue weighted by molar-refractivity contribution is 6.09. The van der Waals surface area contributed by atoms with Gasteiger partial charge in [-0.15, -0.1) is 0 Å². The van der Waals surface area contributed by atoms with Crippen LogP contribution in [0.2, 0.25) is 0 Å². The highest BCUT2D eigenvalue weighted by atomic mass is 16.1. The number of hydrogen-bond acceptors (Lipinski definition) is 1. The molecule has 0 aromatic heterocycles. The monoisotopic (exact) mass is 270 g/mol. The summed E-state index contributed by atoms with van der Waals surface area (Å²) < 4.78 is 0. The molecule has 0 aliphatic carbocycles. The third-order valence-corrected chi connectivity index (χ3v) is 2.70. The maximum absolute atomic E-state index is 12.2. The van der Waals surface area contributed by atoms with Gasteiger partial charge in [0.2, 0.25) is 0 Å². The molecule has 2 rings (SSSR count). The normalized spacial score (nSPS) is 8.70. The van der Waals surface area contributed by atoms with Gasteiger partial charge in [-0.05, 0) is 19.4 Å². The van der Waals surface area contributed by atoms with Crippen LogP contribution in [0.5, 0.6) is 0 Å². The Morgan fingerprint density at radius 3 is 1.75 bits per heavy atom. The first-order chi connectivity index (χ1) is 9.68. The van der Waals surface area contributed by atoms with Crippen LogP contribution in [0, 0.1) is 13.8 Å². The smallest absolute Gasteiger partial charge is 0.193 e. The van der Waals surface area contributed by atoms with Crippen LogP contribution in [0.15, 0.2) is 48.5 Å². The summed E-state index contributed by atoms with van der Waals surface area (Å²) in [5, 5.41) is 0. The van der Waals surface area contributed by atoms with E-state index in [1.807, 2.05) is 90.1 Å². The Morgan fingerprint density at radius 1 is 0.750 bits per heavy atom. The Balaban J connectivity index is 0.000000829. The Hall–Kier alpha value is -1.89. The second-order valence-corrected chi connectivity index (χ2v) is 4.01. The largest absolute Gasteiger partial charge is 0.289 e. The third kappa shape index (κ3) is 5.00. The van der Waals surface area contributed by atoms with Crippen LogP contribution in [0.25, 0.3) is 0 Å². The average Bonchev–Trinajstić information content (AvgIpc) is 2.52. The van der Waals surface area contributed by atoms with Crippen molar-refractivity contribution in [3.05, 3.63) is 70.8 Å². The van der Waals surface area contributed by atoms with E-state index >= 15 is 0 Å². The molecule has 0 amide bonds. The van der Waals surface area contributed by atoms with Crippen molar-refractivity contribution >= 4 is 5.78 Å². The van der Waals surface area contributed by atoms with Crippen molar-refractivity contribution < 1.29 is 4.79 Å². The molecule has 0 saturated carbocycles. The third-order valence-electron chi connectivity index (χ3n) is 2.70. The minimum atomic E-state index is 0.0955. The number of benzene rings is 2. The summed E-state index contributed by atoms with van der Waals surface area (Å²) in [5.74, 6) is 0.0955. The highest BCUT2D eigenvalue weighted by Gasteiger charge is 2.10. The van der Waals surface area contributed by atoms with Crippen LogP contribution in [0.1, 0.15) is 54.7 Å². The summed E-state index contributed by atoms with van der Waals surface area (Å²) in [4.78, 5) is 12.2. The Bertz CT molecular complexity index is 510. The fourth-order valence-electron chi connectivity index (χ4n) is 1.69. The number of hydrogen-bond donors (Lipinski definition) is 0. The van der Waals surface area contributed by atoms with E-state index < -0.39 is 0 Å². The molecule has 0 N–H and O–H groups in total. The summed E-state index contributed by atoms with van der Waals surface area (Å²) in [6.07, 6.45) is 0. The molecule has 0 saturated heterocycles. The molecule has 0 aliphatic rings. The predicted octanol–water partition coefficient (Wildman–Crippen LogP) is 5.59.